The molecule has 1 aromatic rings. The first kappa shape index (κ1) is 24.7. The van der Waals surface area contributed by atoms with Gasteiger partial charge >= 0.3 is 0 Å². The number of hydrogen-bond donors (Lipinski definition) is 3. The molecule has 1 aliphatic rings. The highest BCUT2D eigenvalue weighted by Gasteiger charge is 2.31. The van der Waals surface area contributed by atoms with E-state index in [-0.39, 0.29) is 29.8 Å². The van der Waals surface area contributed by atoms with E-state index in [2.05, 4.69) is 24.1 Å². The van der Waals surface area contributed by atoms with Crippen LogP contribution < -0.4 is 16.4 Å². The molecular weight excluding hydrogens is 423 g/mol. The second-order valence-corrected chi connectivity index (χ2v) is 8.67. The van der Waals surface area contributed by atoms with E-state index < -0.39 is 0 Å². The van der Waals surface area contributed by atoms with Gasteiger partial charge in [-0.15, -0.1) is 0 Å². The topological polar surface area (TPSA) is 87.5 Å². The summed E-state index contributed by atoms with van der Waals surface area (Å²) in [5.74, 6) is 0.114. The number of hydrogen-bond acceptors (Lipinski definition) is 4. The van der Waals surface area contributed by atoms with Crippen molar-refractivity contribution < 1.29 is 9.59 Å². The maximum absolute atomic E-state index is 13.0. The Labute approximate surface area is 189 Å². The Hall–Kier alpha value is -1.60. The van der Waals surface area contributed by atoms with Crippen molar-refractivity contribution in [1.29, 1.82) is 0 Å². The Morgan fingerprint density at radius 2 is 2.13 bits per heavy atom. The molecule has 1 aromatic carbocycles. The summed E-state index contributed by atoms with van der Waals surface area (Å²) < 4.78 is 0. The normalized spacial score (nSPS) is 20.6. The van der Waals surface area contributed by atoms with Gasteiger partial charge in [0.15, 0.2) is 0 Å². The summed E-state index contributed by atoms with van der Waals surface area (Å²) in [6, 6.07) is 4.39. The number of amides is 2. The molecule has 1 saturated heterocycles. The molecule has 3 atom stereocenters. The van der Waals surface area contributed by atoms with Crippen LogP contribution in [0.15, 0.2) is 30.4 Å². The fraction of sp³-hybridized carbons (Fsp3) is 0.545. The fourth-order valence-electron chi connectivity index (χ4n) is 3.65. The summed E-state index contributed by atoms with van der Waals surface area (Å²) in [7, 11) is 0. The minimum absolute atomic E-state index is 0.0351. The van der Waals surface area contributed by atoms with E-state index in [1.807, 2.05) is 11.8 Å². The van der Waals surface area contributed by atoms with E-state index in [1.54, 1.807) is 18.2 Å². The molecule has 2 amide bonds. The first-order valence-electron chi connectivity index (χ1n) is 10.4. The van der Waals surface area contributed by atoms with Gasteiger partial charge in [0.1, 0.15) is 0 Å². The Bertz CT molecular complexity index is 772. The molecule has 6 nitrogen and oxygen atoms in total. The van der Waals surface area contributed by atoms with E-state index >= 15 is 0 Å². The van der Waals surface area contributed by atoms with Crippen LogP contribution in [0, 0.1) is 5.92 Å². The highest BCUT2D eigenvalue weighted by molar-refractivity contribution is 6.42. The third kappa shape index (κ3) is 6.71. The van der Waals surface area contributed by atoms with Crippen molar-refractivity contribution in [3.05, 3.63) is 46.0 Å². The molecule has 0 saturated carbocycles. The zero-order valence-corrected chi connectivity index (χ0v) is 19.2. The van der Waals surface area contributed by atoms with E-state index in [0.29, 0.717) is 48.2 Å². The molecule has 0 bridgehead atoms. The van der Waals surface area contributed by atoms with Gasteiger partial charge in [-0.05, 0) is 56.8 Å². The summed E-state index contributed by atoms with van der Waals surface area (Å²) in [6.45, 7) is 10.3. The van der Waals surface area contributed by atoms with Gasteiger partial charge in [0.25, 0.3) is 5.91 Å². The first-order valence-corrected chi connectivity index (χ1v) is 11.2. The van der Waals surface area contributed by atoms with Crippen LogP contribution in [-0.4, -0.2) is 55.0 Å². The molecule has 2 rings (SSSR count). The standard InChI is InChI=1S/C22H32Cl2N4O2/c1-4-15(14(2)3)13-28-10-8-17(27-20(7-9-25)22(28)30)12-26-21(29)16-5-6-18(23)19(24)11-16/h5-6,11,15,17,20,27H,2,4,7-10,12-13,25H2,1,3H3,(H,26,29)/t15?,17-,20-/m1/s1. The lowest BCUT2D eigenvalue weighted by molar-refractivity contribution is -0.133. The molecule has 8 heteroatoms. The molecule has 0 radical (unpaired) electrons. The van der Waals surface area contributed by atoms with E-state index in [0.717, 1.165) is 18.4 Å². The number of benzene rings is 1. The van der Waals surface area contributed by atoms with Crippen molar-refractivity contribution in [1.82, 2.24) is 15.5 Å². The number of carbonyl (C=O) groups excluding carboxylic acids is 2. The average molecular weight is 455 g/mol. The Morgan fingerprint density at radius 3 is 2.73 bits per heavy atom. The molecule has 0 spiro atoms. The smallest absolute Gasteiger partial charge is 0.251 e. The van der Waals surface area contributed by atoms with Gasteiger partial charge in [0, 0.05) is 31.2 Å². The van der Waals surface area contributed by atoms with Crippen LogP contribution in [0.25, 0.3) is 0 Å². The van der Waals surface area contributed by atoms with Crippen LogP contribution in [0.2, 0.25) is 10.0 Å². The van der Waals surface area contributed by atoms with Crippen molar-refractivity contribution in [2.75, 3.05) is 26.2 Å². The third-order valence-corrected chi connectivity index (χ3v) is 6.31. The Morgan fingerprint density at radius 1 is 1.40 bits per heavy atom. The lowest BCUT2D eigenvalue weighted by Gasteiger charge is -2.28. The quantitative estimate of drug-likeness (QED) is 0.499. The van der Waals surface area contributed by atoms with Crippen molar-refractivity contribution in [3.63, 3.8) is 0 Å². The van der Waals surface area contributed by atoms with Gasteiger partial charge in [-0.3, -0.25) is 9.59 Å². The zero-order valence-electron chi connectivity index (χ0n) is 17.7. The van der Waals surface area contributed by atoms with Crippen LogP contribution in [0.3, 0.4) is 0 Å². The Balaban J connectivity index is 2.03. The van der Waals surface area contributed by atoms with Gasteiger partial charge in [-0.2, -0.15) is 0 Å². The summed E-state index contributed by atoms with van der Waals surface area (Å²) in [5, 5.41) is 7.06. The lowest BCUT2D eigenvalue weighted by Crippen LogP contribution is -2.50. The highest BCUT2D eigenvalue weighted by atomic mass is 35.5. The summed E-state index contributed by atoms with van der Waals surface area (Å²) >= 11 is 11.9. The molecule has 4 N–H and O–H groups in total. The molecular formula is C22H32Cl2N4O2. The summed E-state index contributed by atoms with van der Waals surface area (Å²) in [6.07, 6.45) is 2.23. The van der Waals surface area contributed by atoms with Crippen LogP contribution in [0.1, 0.15) is 43.5 Å². The van der Waals surface area contributed by atoms with Crippen molar-refractivity contribution >= 4 is 35.0 Å². The van der Waals surface area contributed by atoms with Gasteiger partial charge in [0.2, 0.25) is 5.91 Å². The van der Waals surface area contributed by atoms with Crippen LogP contribution >= 0.6 is 23.2 Å². The van der Waals surface area contributed by atoms with Crippen LogP contribution in [-0.2, 0) is 4.79 Å². The SMILES string of the molecule is C=C(C)C(CC)CN1CC[C@H](CNC(=O)c2ccc(Cl)c(Cl)c2)N[C@H](CCN)C1=O. The molecule has 0 aliphatic carbocycles. The summed E-state index contributed by atoms with van der Waals surface area (Å²) in [4.78, 5) is 27.4. The van der Waals surface area contributed by atoms with Crippen molar-refractivity contribution in [2.24, 2.45) is 11.7 Å². The first-order chi connectivity index (χ1) is 14.3. The number of nitrogens with two attached hydrogens (primary N) is 1. The molecule has 1 unspecified atom stereocenters. The lowest BCUT2D eigenvalue weighted by atomic mass is 9.98. The molecule has 1 heterocycles. The highest BCUT2D eigenvalue weighted by Crippen LogP contribution is 2.22. The fourth-order valence-corrected chi connectivity index (χ4v) is 3.95. The molecule has 166 valence electrons. The number of carbonyl (C=O) groups is 2. The number of rotatable bonds is 9. The van der Waals surface area contributed by atoms with E-state index in [9.17, 15) is 9.59 Å². The predicted octanol–water partition coefficient (Wildman–Crippen LogP) is 3.23. The van der Waals surface area contributed by atoms with E-state index in [1.165, 1.54) is 0 Å². The summed E-state index contributed by atoms with van der Waals surface area (Å²) in [5.41, 5.74) is 7.28. The number of nitrogens with zero attached hydrogens (tertiary/aromatic N) is 1. The van der Waals surface area contributed by atoms with Gasteiger partial charge in [0.05, 0.1) is 16.1 Å². The number of nitrogens with one attached hydrogen (secondary N) is 2. The third-order valence-electron chi connectivity index (χ3n) is 5.57. The monoisotopic (exact) mass is 454 g/mol. The second-order valence-electron chi connectivity index (χ2n) is 7.86. The second kappa shape index (κ2) is 11.7. The molecule has 1 aliphatic heterocycles. The maximum atomic E-state index is 13.0. The molecule has 1 fully saturated rings. The molecule has 0 aromatic heterocycles. The van der Waals surface area contributed by atoms with Gasteiger partial charge in [-0.25, -0.2) is 0 Å². The maximum Gasteiger partial charge on any atom is 0.251 e. The number of halogens is 2. The van der Waals surface area contributed by atoms with Crippen molar-refractivity contribution in [3.8, 4) is 0 Å². The van der Waals surface area contributed by atoms with Crippen molar-refractivity contribution in [2.45, 2.75) is 45.2 Å². The Kier molecular flexibility index (Phi) is 9.62. The molecule has 30 heavy (non-hydrogen) atoms. The van der Waals surface area contributed by atoms with Crippen LogP contribution in [0.5, 0.6) is 0 Å². The minimum Gasteiger partial charge on any atom is -0.350 e. The van der Waals surface area contributed by atoms with Crippen LogP contribution in [0.4, 0.5) is 0 Å². The zero-order chi connectivity index (χ0) is 22.3. The van der Waals surface area contributed by atoms with E-state index in [4.69, 9.17) is 28.9 Å². The largest absolute Gasteiger partial charge is 0.350 e. The average Bonchev–Trinajstić information content (AvgIpc) is 2.85. The minimum atomic E-state index is -0.355. The van der Waals surface area contributed by atoms with Gasteiger partial charge in [-0.1, -0.05) is 42.3 Å². The predicted molar refractivity (Wildman–Crippen MR) is 123 cm³/mol. The van der Waals surface area contributed by atoms with Gasteiger partial charge < -0.3 is 21.3 Å².